The summed E-state index contributed by atoms with van der Waals surface area (Å²) in [7, 11) is 0. The number of anilines is 1. The first-order valence-electron chi connectivity index (χ1n) is 6.91. The summed E-state index contributed by atoms with van der Waals surface area (Å²) in [5.41, 5.74) is 7.43. The van der Waals surface area contributed by atoms with Crippen LogP contribution in [0.25, 0.3) is 11.4 Å². The van der Waals surface area contributed by atoms with Crippen molar-refractivity contribution in [1.82, 2.24) is 20.2 Å². The minimum Gasteiger partial charge on any atom is -0.398 e. The number of aromatic nitrogens is 4. The second-order valence-electron chi connectivity index (χ2n) is 5.00. The number of hydrogen-bond acceptors (Lipinski definition) is 4. The number of nitrogens with zero attached hydrogens (tertiary/aromatic N) is 4. The first-order chi connectivity index (χ1) is 9.58. The molecule has 1 unspecified atom stereocenters. The van der Waals surface area contributed by atoms with Gasteiger partial charge >= 0.3 is 0 Å². The Hall–Kier alpha value is -1.62. The zero-order valence-corrected chi connectivity index (χ0v) is 12.8. The van der Waals surface area contributed by atoms with Gasteiger partial charge in [0, 0.05) is 16.3 Å². The van der Waals surface area contributed by atoms with E-state index in [1.807, 2.05) is 4.68 Å². The second kappa shape index (κ2) is 6.22. The molecule has 0 spiro atoms. The third-order valence-electron chi connectivity index (χ3n) is 3.87. The van der Waals surface area contributed by atoms with Gasteiger partial charge in [0.1, 0.15) is 0 Å². The van der Waals surface area contributed by atoms with Crippen LogP contribution in [0.3, 0.4) is 0 Å². The summed E-state index contributed by atoms with van der Waals surface area (Å²) in [4.78, 5) is 0. The molecule has 0 fully saturated rings. The number of benzene rings is 1. The highest BCUT2D eigenvalue weighted by Gasteiger charge is 2.22. The number of halogens is 1. The molecule has 0 amide bonds. The lowest BCUT2D eigenvalue weighted by Gasteiger charge is -2.22. The van der Waals surface area contributed by atoms with Gasteiger partial charge in [-0.3, -0.25) is 0 Å². The summed E-state index contributed by atoms with van der Waals surface area (Å²) in [6.07, 6.45) is 2.17. The number of nitrogens with two attached hydrogens (primary N) is 1. The van der Waals surface area contributed by atoms with E-state index in [2.05, 4.69) is 36.3 Å². The third-order valence-corrected chi connectivity index (χ3v) is 4.10. The van der Waals surface area contributed by atoms with E-state index in [1.165, 1.54) is 0 Å². The average Bonchev–Trinajstić information content (AvgIpc) is 2.91. The highest BCUT2D eigenvalue weighted by Crippen LogP contribution is 2.31. The molecule has 108 valence electrons. The fraction of sp³-hybridized carbons (Fsp3) is 0.500. The van der Waals surface area contributed by atoms with Crippen molar-refractivity contribution in [3.63, 3.8) is 0 Å². The predicted molar refractivity (Wildman–Crippen MR) is 81.5 cm³/mol. The van der Waals surface area contributed by atoms with Gasteiger partial charge in [-0.1, -0.05) is 38.3 Å². The molecule has 0 aliphatic rings. The zero-order valence-electron chi connectivity index (χ0n) is 12.0. The molecule has 20 heavy (non-hydrogen) atoms. The Morgan fingerprint density at radius 1 is 1.30 bits per heavy atom. The van der Waals surface area contributed by atoms with Gasteiger partial charge in [-0.25, -0.2) is 4.68 Å². The molecule has 1 aromatic heterocycles. The first kappa shape index (κ1) is 14.8. The molecule has 0 aliphatic heterocycles. The van der Waals surface area contributed by atoms with E-state index >= 15 is 0 Å². The zero-order chi connectivity index (χ0) is 14.7. The van der Waals surface area contributed by atoms with Gasteiger partial charge in [-0.2, -0.15) is 0 Å². The maximum absolute atomic E-state index is 6.05. The van der Waals surface area contributed by atoms with E-state index < -0.39 is 0 Å². The average molecular weight is 294 g/mol. The molecule has 1 aromatic carbocycles. The van der Waals surface area contributed by atoms with Crippen LogP contribution in [0.15, 0.2) is 18.2 Å². The quantitative estimate of drug-likeness (QED) is 0.856. The molecule has 1 atom stereocenters. The van der Waals surface area contributed by atoms with Crippen molar-refractivity contribution in [1.29, 1.82) is 0 Å². The SMILES string of the molecule is CCC(CC)C(C)n1nnnc1-c1cc(Cl)ccc1N. The normalized spacial score (nSPS) is 12.8. The molecule has 5 nitrogen and oxygen atoms in total. The largest absolute Gasteiger partial charge is 0.398 e. The van der Waals surface area contributed by atoms with Gasteiger partial charge < -0.3 is 5.73 Å². The molecular weight excluding hydrogens is 274 g/mol. The van der Waals surface area contributed by atoms with Crippen LogP contribution < -0.4 is 5.73 Å². The Balaban J connectivity index is 2.45. The number of tetrazole rings is 1. The monoisotopic (exact) mass is 293 g/mol. The first-order valence-corrected chi connectivity index (χ1v) is 7.29. The fourth-order valence-electron chi connectivity index (χ4n) is 2.54. The summed E-state index contributed by atoms with van der Waals surface area (Å²) >= 11 is 6.05. The number of hydrogen-bond donors (Lipinski definition) is 1. The van der Waals surface area contributed by atoms with Gasteiger partial charge in [0.15, 0.2) is 5.82 Å². The van der Waals surface area contributed by atoms with Crippen LogP contribution in [0.4, 0.5) is 5.69 Å². The lowest BCUT2D eigenvalue weighted by molar-refractivity contribution is 0.309. The maximum atomic E-state index is 6.05. The van der Waals surface area contributed by atoms with Crippen LogP contribution in [-0.4, -0.2) is 20.2 Å². The molecular formula is C14H20ClN5. The summed E-state index contributed by atoms with van der Waals surface area (Å²) in [6, 6.07) is 5.56. The Bertz CT molecular complexity index is 577. The summed E-state index contributed by atoms with van der Waals surface area (Å²) in [5.74, 6) is 1.20. The molecule has 0 aliphatic carbocycles. The van der Waals surface area contributed by atoms with Crippen LogP contribution in [0, 0.1) is 5.92 Å². The van der Waals surface area contributed by atoms with Crippen molar-refractivity contribution in [2.75, 3.05) is 5.73 Å². The van der Waals surface area contributed by atoms with Crippen LogP contribution in [0.5, 0.6) is 0 Å². The van der Waals surface area contributed by atoms with Gasteiger partial charge in [-0.15, -0.1) is 5.10 Å². The molecule has 6 heteroatoms. The van der Waals surface area contributed by atoms with Crippen LogP contribution in [0.2, 0.25) is 5.02 Å². The Morgan fingerprint density at radius 3 is 2.65 bits per heavy atom. The van der Waals surface area contributed by atoms with E-state index in [-0.39, 0.29) is 6.04 Å². The van der Waals surface area contributed by atoms with Gasteiger partial charge in [0.05, 0.1) is 6.04 Å². The smallest absolute Gasteiger partial charge is 0.184 e. The Morgan fingerprint density at radius 2 is 2.00 bits per heavy atom. The van der Waals surface area contributed by atoms with Crippen molar-refractivity contribution in [3.05, 3.63) is 23.2 Å². The lowest BCUT2D eigenvalue weighted by Crippen LogP contribution is -2.18. The molecule has 2 N–H and O–H groups in total. The highest BCUT2D eigenvalue weighted by atomic mass is 35.5. The maximum Gasteiger partial charge on any atom is 0.184 e. The van der Waals surface area contributed by atoms with Crippen LogP contribution in [0.1, 0.15) is 39.7 Å². The topological polar surface area (TPSA) is 69.6 Å². The minimum absolute atomic E-state index is 0.216. The third kappa shape index (κ3) is 2.77. The van der Waals surface area contributed by atoms with E-state index in [4.69, 9.17) is 17.3 Å². The van der Waals surface area contributed by atoms with Crippen LogP contribution in [-0.2, 0) is 0 Å². The van der Waals surface area contributed by atoms with Gasteiger partial charge in [0.2, 0.25) is 0 Å². The van der Waals surface area contributed by atoms with Crippen molar-refractivity contribution >= 4 is 17.3 Å². The minimum atomic E-state index is 0.216. The summed E-state index contributed by atoms with van der Waals surface area (Å²) < 4.78 is 1.85. The molecule has 2 rings (SSSR count). The molecule has 1 heterocycles. The summed E-state index contributed by atoms with van der Waals surface area (Å²) in [6.45, 7) is 6.50. The van der Waals surface area contributed by atoms with E-state index in [0.29, 0.717) is 22.5 Å². The Labute approximate surface area is 124 Å². The van der Waals surface area contributed by atoms with Crippen molar-refractivity contribution < 1.29 is 0 Å². The lowest BCUT2D eigenvalue weighted by atomic mass is 9.95. The molecule has 0 saturated carbocycles. The van der Waals surface area contributed by atoms with Crippen molar-refractivity contribution in [2.24, 2.45) is 5.92 Å². The molecule has 0 radical (unpaired) electrons. The van der Waals surface area contributed by atoms with Gasteiger partial charge in [0.25, 0.3) is 0 Å². The highest BCUT2D eigenvalue weighted by molar-refractivity contribution is 6.31. The second-order valence-corrected chi connectivity index (χ2v) is 5.43. The predicted octanol–water partition coefficient (Wildman–Crippen LogP) is 3.57. The fourth-order valence-corrected chi connectivity index (χ4v) is 2.71. The van der Waals surface area contributed by atoms with Crippen LogP contribution >= 0.6 is 11.6 Å². The molecule has 2 aromatic rings. The van der Waals surface area contributed by atoms with Crippen molar-refractivity contribution in [3.8, 4) is 11.4 Å². The van der Waals surface area contributed by atoms with E-state index in [1.54, 1.807) is 18.2 Å². The van der Waals surface area contributed by atoms with Crippen molar-refractivity contribution in [2.45, 2.75) is 39.7 Å². The number of nitrogen functional groups attached to an aromatic ring is 1. The van der Waals surface area contributed by atoms with Gasteiger partial charge in [-0.05, 0) is 41.5 Å². The molecule has 0 bridgehead atoms. The Kier molecular flexibility index (Phi) is 4.60. The number of rotatable bonds is 5. The van der Waals surface area contributed by atoms with E-state index in [9.17, 15) is 0 Å². The summed E-state index contributed by atoms with van der Waals surface area (Å²) in [5, 5.41) is 12.7. The van der Waals surface area contributed by atoms with E-state index in [0.717, 1.165) is 18.4 Å². The standard InChI is InChI=1S/C14H20ClN5/c1-4-10(5-2)9(3)20-14(17-18-19-20)12-8-11(15)6-7-13(12)16/h6-10H,4-5,16H2,1-3H3. The molecule has 0 saturated heterocycles.